The number of ketones is 1. The van der Waals surface area contributed by atoms with E-state index in [2.05, 4.69) is 4.90 Å². The maximum absolute atomic E-state index is 11.7. The molecule has 0 atom stereocenters. The number of carbonyl (C=O) groups excluding carboxylic acids is 2. The lowest BCUT2D eigenvalue weighted by Gasteiger charge is -2.22. The molecule has 0 bridgehead atoms. The number of hydrogen-bond acceptors (Lipinski definition) is 4. The third-order valence-electron chi connectivity index (χ3n) is 4.15. The van der Waals surface area contributed by atoms with Crippen LogP contribution >= 0.6 is 23.4 Å². The number of amides is 1. The summed E-state index contributed by atoms with van der Waals surface area (Å²) in [6.07, 6.45) is 1.65. The first kappa shape index (κ1) is 18.5. The second-order valence-electron chi connectivity index (χ2n) is 6.14. The van der Waals surface area contributed by atoms with E-state index in [1.165, 1.54) is 6.92 Å². The van der Waals surface area contributed by atoms with Gasteiger partial charge in [-0.25, -0.2) is 0 Å². The number of rotatable bonds is 4. The lowest BCUT2D eigenvalue weighted by Crippen LogP contribution is -2.23. The van der Waals surface area contributed by atoms with Crippen LogP contribution in [0.3, 0.4) is 0 Å². The standard InChI is InChI=1S/C20H19ClN2O2S/c1-13(24)10-20-23(12-15-4-6-16(21)7-5-15)18-11-17(22(3)14(2)25)8-9-19(18)26-20/h4-11H,12H2,1-3H3/b20-10-. The van der Waals surface area contributed by atoms with Crippen LogP contribution in [0.25, 0.3) is 0 Å². The van der Waals surface area contributed by atoms with Gasteiger partial charge in [0.15, 0.2) is 5.78 Å². The fraction of sp³-hybridized carbons (Fsp3) is 0.200. The van der Waals surface area contributed by atoms with E-state index in [9.17, 15) is 9.59 Å². The van der Waals surface area contributed by atoms with Crippen molar-refractivity contribution in [3.05, 3.63) is 64.2 Å². The van der Waals surface area contributed by atoms with Gasteiger partial charge in [0.1, 0.15) is 0 Å². The Labute approximate surface area is 162 Å². The molecule has 0 N–H and O–H groups in total. The van der Waals surface area contributed by atoms with Gasteiger partial charge >= 0.3 is 0 Å². The average molecular weight is 387 g/mol. The summed E-state index contributed by atoms with van der Waals surface area (Å²) < 4.78 is 0. The number of anilines is 2. The van der Waals surface area contributed by atoms with Crippen LogP contribution in [-0.4, -0.2) is 18.7 Å². The predicted molar refractivity (Wildman–Crippen MR) is 108 cm³/mol. The van der Waals surface area contributed by atoms with Gasteiger partial charge in [0.25, 0.3) is 0 Å². The molecule has 0 saturated carbocycles. The number of fused-ring (bicyclic) bond motifs is 1. The van der Waals surface area contributed by atoms with Crippen LogP contribution in [0.15, 0.2) is 58.5 Å². The maximum atomic E-state index is 11.7. The Bertz CT molecular complexity index is 893. The van der Waals surface area contributed by atoms with Crippen molar-refractivity contribution in [2.24, 2.45) is 0 Å². The van der Waals surface area contributed by atoms with E-state index in [1.54, 1.807) is 36.7 Å². The lowest BCUT2D eigenvalue weighted by atomic mass is 10.2. The fourth-order valence-corrected chi connectivity index (χ4v) is 3.96. The van der Waals surface area contributed by atoms with E-state index >= 15 is 0 Å². The van der Waals surface area contributed by atoms with Gasteiger partial charge in [-0.15, -0.1) is 0 Å². The van der Waals surface area contributed by atoms with Gasteiger partial charge in [0, 0.05) is 42.2 Å². The molecule has 2 aromatic carbocycles. The molecule has 1 amide bonds. The Hall–Kier alpha value is -2.24. The first-order chi connectivity index (χ1) is 12.3. The first-order valence-corrected chi connectivity index (χ1v) is 9.35. The van der Waals surface area contributed by atoms with E-state index in [1.807, 2.05) is 42.5 Å². The van der Waals surface area contributed by atoms with Gasteiger partial charge in [-0.2, -0.15) is 0 Å². The average Bonchev–Trinajstić information content (AvgIpc) is 2.92. The van der Waals surface area contributed by atoms with Crippen LogP contribution in [0, 0.1) is 0 Å². The Kier molecular flexibility index (Phi) is 5.39. The van der Waals surface area contributed by atoms with E-state index < -0.39 is 0 Å². The minimum absolute atomic E-state index is 0.00231. The molecule has 1 aliphatic heterocycles. The van der Waals surface area contributed by atoms with Crippen LogP contribution in [0.2, 0.25) is 5.02 Å². The molecule has 26 heavy (non-hydrogen) atoms. The minimum Gasteiger partial charge on any atom is -0.330 e. The Morgan fingerprint density at radius 3 is 2.46 bits per heavy atom. The summed E-state index contributed by atoms with van der Waals surface area (Å²) in [4.78, 5) is 28.1. The largest absolute Gasteiger partial charge is 0.330 e. The van der Waals surface area contributed by atoms with E-state index in [0.29, 0.717) is 11.6 Å². The molecule has 0 spiro atoms. The first-order valence-electron chi connectivity index (χ1n) is 8.15. The number of carbonyl (C=O) groups is 2. The third kappa shape index (κ3) is 3.94. The summed E-state index contributed by atoms with van der Waals surface area (Å²) in [6.45, 7) is 3.70. The van der Waals surface area contributed by atoms with E-state index in [4.69, 9.17) is 11.6 Å². The van der Waals surface area contributed by atoms with Gasteiger partial charge in [-0.05, 0) is 42.8 Å². The monoisotopic (exact) mass is 386 g/mol. The Morgan fingerprint density at radius 1 is 1.15 bits per heavy atom. The minimum atomic E-state index is -0.0284. The molecule has 0 aliphatic carbocycles. The molecule has 0 fully saturated rings. The lowest BCUT2D eigenvalue weighted by molar-refractivity contribution is -0.116. The molecule has 0 unspecified atom stereocenters. The molecule has 3 rings (SSSR count). The molecular weight excluding hydrogens is 368 g/mol. The molecule has 0 radical (unpaired) electrons. The molecule has 1 aliphatic rings. The third-order valence-corrected chi connectivity index (χ3v) is 5.52. The number of thioether (sulfide) groups is 1. The highest BCUT2D eigenvalue weighted by Crippen LogP contribution is 2.48. The fourth-order valence-electron chi connectivity index (χ4n) is 2.70. The highest BCUT2D eigenvalue weighted by Gasteiger charge is 2.26. The van der Waals surface area contributed by atoms with Gasteiger partial charge in [-0.3, -0.25) is 9.59 Å². The van der Waals surface area contributed by atoms with Crippen molar-refractivity contribution in [3.63, 3.8) is 0 Å². The van der Waals surface area contributed by atoms with Gasteiger partial charge in [0.05, 0.1) is 10.7 Å². The molecule has 4 nitrogen and oxygen atoms in total. The van der Waals surface area contributed by atoms with Crippen molar-refractivity contribution in [3.8, 4) is 0 Å². The van der Waals surface area contributed by atoms with Crippen LogP contribution in [-0.2, 0) is 16.1 Å². The molecule has 1 heterocycles. The van der Waals surface area contributed by atoms with Gasteiger partial charge < -0.3 is 9.80 Å². The number of allylic oxidation sites excluding steroid dienone is 1. The highest BCUT2D eigenvalue weighted by molar-refractivity contribution is 8.03. The van der Waals surface area contributed by atoms with Crippen molar-refractivity contribution in [2.75, 3.05) is 16.8 Å². The van der Waals surface area contributed by atoms with Crippen molar-refractivity contribution in [1.82, 2.24) is 0 Å². The van der Waals surface area contributed by atoms with E-state index in [-0.39, 0.29) is 11.7 Å². The molecule has 134 valence electrons. The van der Waals surface area contributed by atoms with Crippen LogP contribution < -0.4 is 9.80 Å². The van der Waals surface area contributed by atoms with Crippen LogP contribution in [0.5, 0.6) is 0 Å². The quantitative estimate of drug-likeness (QED) is 0.703. The summed E-state index contributed by atoms with van der Waals surface area (Å²) in [5.74, 6) is -0.0261. The highest BCUT2D eigenvalue weighted by atomic mass is 35.5. The van der Waals surface area contributed by atoms with Gasteiger partial charge in [0.2, 0.25) is 5.91 Å². The predicted octanol–water partition coefficient (Wildman–Crippen LogP) is 4.87. The summed E-state index contributed by atoms with van der Waals surface area (Å²) >= 11 is 7.54. The maximum Gasteiger partial charge on any atom is 0.223 e. The smallest absolute Gasteiger partial charge is 0.223 e. The molecule has 6 heteroatoms. The molecule has 0 aromatic heterocycles. The Morgan fingerprint density at radius 2 is 1.85 bits per heavy atom. The normalized spacial score (nSPS) is 14.5. The number of nitrogens with zero attached hydrogens (tertiary/aromatic N) is 2. The second kappa shape index (κ2) is 7.56. The summed E-state index contributed by atoms with van der Waals surface area (Å²) in [5.41, 5.74) is 2.90. The number of hydrogen-bond donors (Lipinski definition) is 0. The number of benzene rings is 2. The zero-order valence-electron chi connectivity index (χ0n) is 14.8. The molecular formula is C20H19ClN2O2S. The van der Waals surface area contributed by atoms with Crippen molar-refractivity contribution < 1.29 is 9.59 Å². The number of halogens is 1. The second-order valence-corrected chi connectivity index (χ2v) is 7.64. The molecule has 0 saturated heterocycles. The topological polar surface area (TPSA) is 40.6 Å². The SMILES string of the molecule is CC(=O)/C=C1\Sc2ccc(N(C)C(C)=O)cc2N1Cc1ccc(Cl)cc1. The van der Waals surface area contributed by atoms with Crippen LogP contribution in [0.1, 0.15) is 19.4 Å². The summed E-state index contributed by atoms with van der Waals surface area (Å²) in [5, 5.41) is 1.57. The zero-order valence-corrected chi connectivity index (χ0v) is 16.4. The van der Waals surface area contributed by atoms with Crippen molar-refractivity contribution >= 4 is 46.4 Å². The van der Waals surface area contributed by atoms with Crippen molar-refractivity contribution in [2.45, 2.75) is 25.3 Å². The summed E-state index contributed by atoms with van der Waals surface area (Å²) in [6, 6.07) is 13.6. The zero-order chi connectivity index (χ0) is 18.8. The van der Waals surface area contributed by atoms with Crippen molar-refractivity contribution in [1.29, 1.82) is 0 Å². The van der Waals surface area contributed by atoms with Gasteiger partial charge in [-0.1, -0.05) is 35.5 Å². The Balaban J connectivity index is 2.01. The van der Waals surface area contributed by atoms with E-state index in [0.717, 1.165) is 26.9 Å². The molecule has 2 aromatic rings. The summed E-state index contributed by atoms with van der Waals surface area (Å²) in [7, 11) is 1.75. The van der Waals surface area contributed by atoms with Crippen LogP contribution in [0.4, 0.5) is 11.4 Å².